The Hall–Kier alpha value is -1.73. The lowest BCUT2D eigenvalue weighted by atomic mass is 10.2. The summed E-state index contributed by atoms with van der Waals surface area (Å²) in [7, 11) is 0. The molecule has 1 aromatic carbocycles. The number of fused-ring (bicyclic) bond motifs is 2. The van der Waals surface area contributed by atoms with Crippen molar-refractivity contribution in [2.75, 3.05) is 0 Å². The second-order valence-electron chi connectivity index (χ2n) is 4.64. The molecule has 0 fully saturated rings. The molecule has 0 spiro atoms. The molecule has 0 amide bonds. The van der Waals surface area contributed by atoms with Gasteiger partial charge in [0.05, 0.1) is 5.39 Å². The Morgan fingerprint density at radius 2 is 2.05 bits per heavy atom. The maximum Gasteiger partial charge on any atom is 0.193 e. The van der Waals surface area contributed by atoms with E-state index in [1.165, 1.54) is 6.07 Å². The monoisotopic (exact) mass is 405 g/mol. The van der Waals surface area contributed by atoms with Gasteiger partial charge in [0.15, 0.2) is 11.2 Å². The maximum atomic E-state index is 12.3. The normalized spacial score (nSPS) is 11.3. The highest BCUT2D eigenvalue weighted by Crippen LogP contribution is 2.26. The summed E-state index contributed by atoms with van der Waals surface area (Å²) < 4.78 is 7.99. The number of hydrogen-bond donors (Lipinski definition) is 0. The number of aromatic nitrogens is 1. The van der Waals surface area contributed by atoms with E-state index in [9.17, 15) is 4.79 Å². The van der Waals surface area contributed by atoms with Crippen molar-refractivity contribution in [3.63, 3.8) is 0 Å². The molecule has 0 bridgehead atoms. The standard InChI is InChI=1S/C16H8INO2S/c17-10-1-2-14-11(5-10)13(19)7-15(20-14)12-6-16-9(8-18-12)3-4-21-16/h1-8H. The summed E-state index contributed by atoms with van der Waals surface area (Å²) in [5.74, 6) is 0.504. The van der Waals surface area contributed by atoms with Gasteiger partial charge < -0.3 is 4.42 Å². The molecule has 0 aliphatic rings. The van der Waals surface area contributed by atoms with Crippen molar-refractivity contribution < 1.29 is 4.42 Å². The lowest BCUT2D eigenvalue weighted by Gasteiger charge is -2.03. The molecule has 0 radical (unpaired) electrons. The van der Waals surface area contributed by atoms with Gasteiger partial charge in [-0.15, -0.1) is 11.3 Å². The van der Waals surface area contributed by atoms with Crippen molar-refractivity contribution in [3.05, 3.63) is 61.8 Å². The van der Waals surface area contributed by atoms with Crippen LogP contribution in [0.2, 0.25) is 0 Å². The van der Waals surface area contributed by atoms with E-state index in [4.69, 9.17) is 4.42 Å². The fourth-order valence-corrected chi connectivity index (χ4v) is 3.53. The zero-order valence-corrected chi connectivity index (χ0v) is 13.6. The van der Waals surface area contributed by atoms with Crippen molar-refractivity contribution >= 4 is 55.0 Å². The van der Waals surface area contributed by atoms with Crippen LogP contribution in [-0.2, 0) is 0 Å². The summed E-state index contributed by atoms with van der Waals surface area (Å²) in [5, 5.41) is 3.72. The minimum Gasteiger partial charge on any atom is -0.454 e. The Labute approximate surface area is 137 Å². The highest BCUT2D eigenvalue weighted by Gasteiger charge is 2.09. The molecule has 3 heterocycles. The summed E-state index contributed by atoms with van der Waals surface area (Å²) in [4.78, 5) is 16.6. The minimum atomic E-state index is -0.0437. The largest absolute Gasteiger partial charge is 0.454 e. The third kappa shape index (κ3) is 2.26. The van der Waals surface area contributed by atoms with Crippen LogP contribution < -0.4 is 5.43 Å². The molecular weight excluding hydrogens is 397 g/mol. The molecule has 0 saturated heterocycles. The Morgan fingerprint density at radius 1 is 1.14 bits per heavy atom. The molecule has 0 aliphatic heterocycles. The van der Waals surface area contributed by atoms with Crippen LogP contribution in [0.1, 0.15) is 0 Å². The van der Waals surface area contributed by atoms with Crippen LogP contribution in [0, 0.1) is 3.57 Å². The summed E-state index contributed by atoms with van der Waals surface area (Å²) in [6.45, 7) is 0. The molecule has 0 atom stereocenters. The Bertz CT molecular complexity index is 1040. The first-order valence-corrected chi connectivity index (χ1v) is 8.23. The molecule has 0 unspecified atom stereocenters. The summed E-state index contributed by atoms with van der Waals surface area (Å²) in [6.07, 6.45) is 1.80. The van der Waals surface area contributed by atoms with Crippen LogP contribution >= 0.6 is 33.9 Å². The first-order valence-electron chi connectivity index (χ1n) is 6.28. The fraction of sp³-hybridized carbons (Fsp3) is 0. The lowest BCUT2D eigenvalue weighted by molar-refractivity contribution is 0.616. The van der Waals surface area contributed by atoms with Crippen LogP contribution in [0.15, 0.2) is 57.2 Å². The third-order valence-electron chi connectivity index (χ3n) is 3.28. The summed E-state index contributed by atoms with van der Waals surface area (Å²) >= 11 is 3.83. The van der Waals surface area contributed by atoms with Gasteiger partial charge in [-0.25, -0.2) is 0 Å². The molecule has 0 saturated carbocycles. The SMILES string of the molecule is O=c1cc(-c2cc3sccc3cn2)oc2ccc(I)cc12. The molecule has 0 aliphatic carbocycles. The quantitative estimate of drug-likeness (QED) is 0.432. The molecule has 21 heavy (non-hydrogen) atoms. The van der Waals surface area contributed by atoms with Gasteiger partial charge >= 0.3 is 0 Å². The zero-order chi connectivity index (χ0) is 14.4. The predicted molar refractivity (Wildman–Crippen MR) is 93.8 cm³/mol. The van der Waals surface area contributed by atoms with Crippen molar-refractivity contribution in [2.45, 2.75) is 0 Å². The van der Waals surface area contributed by atoms with Crippen LogP contribution in [0.5, 0.6) is 0 Å². The number of nitrogens with zero attached hydrogens (tertiary/aromatic N) is 1. The molecule has 4 aromatic rings. The summed E-state index contributed by atoms with van der Waals surface area (Å²) in [5.41, 5.74) is 1.23. The van der Waals surface area contributed by atoms with Gasteiger partial charge in [0, 0.05) is 25.9 Å². The smallest absolute Gasteiger partial charge is 0.193 e. The number of halogens is 1. The number of hydrogen-bond acceptors (Lipinski definition) is 4. The molecule has 5 heteroatoms. The molecular formula is C16H8INO2S. The number of rotatable bonds is 1. The van der Waals surface area contributed by atoms with Crippen LogP contribution in [0.3, 0.4) is 0 Å². The molecule has 3 nitrogen and oxygen atoms in total. The van der Waals surface area contributed by atoms with E-state index in [1.807, 2.05) is 35.7 Å². The zero-order valence-electron chi connectivity index (χ0n) is 10.7. The average molecular weight is 405 g/mol. The fourth-order valence-electron chi connectivity index (χ4n) is 2.24. The lowest BCUT2D eigenvalue weighted by Crippen LogP contribution is -2.01. The Kier molecular flexibility index (Phi) is 3.04. The molecule has 0 N–H and O–H groups in total. The number of pyridine rings is 1. The van der Waals surface area contributed by atoms with Gasteiger partial charge in [0.2, 0.25) is 0 Å². The van der Waals surface area contributed by atoms with Gasteiger partial charge in [-0.05, 0) is 58.3 Å². The first kappa shape index (κ1) is 13.0. The van der Waals surface area contributed by atoms with Gasteiger partial charge in [-0.3, -0.25) is 9.78 Å². The van der Waals surface area contributed by atoms with E-state index in [0.717, 1.165) is 13.7 Å². The van der Waals surface area contributed by atoms with Gasteiger partial charge in [-0.2, -0.15) is 0 Å². The van der Waals surface area contributed by atoms with Crippen molar-refractivity contribution in [1.82, 2.24) is 4.98 Å². The molecule has 3 aromatic heterocycles. The van der Waals surface area contributed by atoms with E-state index in [1.54, 1.807) is 17.5 Å². The first-order chi connectivity index (χ1) is 10.2. The minimum absolute atomic E-state index is 0.0437. The van der Waals surface area contributed by atoms with Gasteiger partial charge in [0.25, 0.3) is 0 Å². The molecule has 4 rings (SSSR count). The van der Waals surface area contributed by atoms with Crippen LogP contribution in [-0.4, -0.2) is 4.98 Å². The maximum absolute atomic E-state index is 12.3. The predicted octanol–water partition coefficient (Wildman–Crippen LogP) is 4.67. The van der Waals surface area contributed by atoms with Crippen molar-refractivity contribution in [3.8, 4) is 11.5 Å². The second-order valence-corrected chi connectivity index (χ2v) is 6.84. The summed E-state index contributed by atoms with van der Waals surface area (Å²) in [6, 6.07) is 11.1. The highest BCUT2D eigenvalue weighted by molar-refractivity contribution is 14.1. The number of benzene rings is 1. The van der Waals surface area contributed by atoms with E-state index < -0.39 is 0 Å². The average Bonchev–Trinajstić information content (AvgIpc) is 2.95. The van der Waals surface area contributed by atoms with Crippen molar-refractivity contribution in [2.24, 2.45) is 0 Å². The Morgan fingerprint density at radius 3 is 2.95 bits per heavy atom. The van der Waals surface area contributed by atoms with E-state index in [0.29, 0.717) is 22.4 Å². The highest BCUT2D eigenvalue weighted by atomic mass is 127. The third-order valence-corrected chi connectivity index (χ3v) is 4.83. The second kappa shape index (κ2) is 4.92. The van der Waals surface area contributed by atoms with E-state index in [2.05, 4.69) is 27.6 Å². The number of thiophene rings is 1. The van der Waals surface area contributed by atoms with Crippen LogP contribution in [0.4, 0.5) is 0 Å². The van der Waals surface area contributed by atoms with E-state index >= 15 is 0 Å². The molecule has 102 valence electrons. The van der Waals surface area contributed by atoms with Gasteiger partial charge in [0.1, 0.15) is 11.3 Å². The van der Waals surface area contributed by atoms with Crippen molar-refractivity contribution in [1.29, 1.82) is 0 Å². The topological polar surface area (TPSA) is 43.1 Å². The Balaban J connectivity index is 1.97. The van der Waals surface area contributed by atoms with Gasteiger partial charge in [-0.1, -0.05) is 0 Å². The van der Waals surface area contributed by atoms with Crippen LogP contribution in [0.25, 0.3) is 32.5 Å². The van der Waals surface area contributed by atoms with E-state index in [-0.39, 0.29) is 5.43 Å².